The number of nitrogens with one attached hydrogen (secondary N) is 1. The molecule has 1 N–H and O–H groups in total. The van der Waals surface area contributed by atoms with Crippen molar-refractivity contribution in [2.45, 2.75) is 32.9 Å². The minimum absolute atomic E-state index is 0.000582. The van der Waals surface area contributed by atoms with Gasteiger partial charge in [0, 0.05) is 5.56 Å². The first-order chi connectivity index (χ1) is 14.3. The van der Waals surface area contributed by atoms with Gasteiger partial charge in [-0.2, -0.15) is 4.98 Å². The Balaban J connectivity index is 1.76. The van der Waals surface area contributed by atoms with Crippen molar-refractivity contribution in [3.63, 3.8) is 0 Å². The van der Waals surface area contributed by atoms with Gasteiger partial charge in [-0.05, 0) is 31.0 Å². The van der Waals surface area contributed by atoms with E-state index in [9.17, 15) is 13.2 Å². The molecule has 0 aliphatic heterocycles. The zero-order valence-electron chi connectivity index (χ0n) is 17.1. The molecule has 158 valence electrons. The maximum Gasteiger partial charge on any atom is 0.246 e. The van der Waals surface area contributed by atoms with Gasteiger partial charge in [-0.3, -0.25) is 9.10 Å². The van der Waals surface area contributed by atoms with Crippen LogP contribution >= 0.6 is 0 Å². The third-order valence-electron chi connectivity index (χ3n) is 4.50. The van der Waals surface area contributed by atoms with E-state index in [2.05, 4.69) is 15.5 Å². The maximum absolute atomic E-state index is 12.9. The van der Waals surface area contributed by atoms with Crippen molar-refractivity contribution < 1.29 is 17.7 Å². The third-order valence-corrected chi connectivity index (χ3v) is 5.68. The third kappa shape index (κ3) is 5.04. The summed E-state index contributed by atoms with van der Waals surface area (Å²) in [6.07, 6.45) is 1.39. The summed E-state index contributed by atoms with van der Waals surface area (Å²) in [5.74, 6) is 0.215. The van der Waals surface area contributed by atoms with E-state index in [1.807, 2.05) is 43.3 Å². The molecule has 1 aromatic heterocycles. The SMILES string of the molecule is CCC(C(=O)NCc1nc(-c2ccccc2)no1)N(c1cccc(C)c1)S(C)(=O)=O. The van der Waals surface area contributed by atoms with Crippen molar-refractivity contribution in [1.29, 1.82) is 0 Å². The molecule has 0 bridgehead atoms. The molecule has 3 rings (SSSR count). The molecule has 0 spiro atoms. The number of aryl methyl sites for hydroxylation is 1. The highest BCUT2D eigenvalue weighted by Gasteiger charge is 2.31. The largest absolute Gasteiger partial charge is 0.345 e. The monoisotopic (exact) mass is 428 g/mol. The summed E-state index contributed by atoms with van der Waals surface area (Å²) >= 11 is 0. The highest BCUT2D eigenvalue weighted by atomic mass is 32.2. The summed E-state index contributed by atoms with van der Waals surface area (Å²) < 4.78 is 31.3. The number of benzene rings is 2. The molecule has 1 amide bonds. The maximum atomic E-state index is 12.9. The first-order valence-corrected chi connectivity index (χ1v) is 11.4. The lowest BCUT2D eigenvalue weighted by molar-refractivity contribution is -0.122. The summed E-state index contributed by atoms with van der Waals surface area (Å²) in [4.78, 5) is 17.1. The molecular weight excluding hydrogens is 404 g/mol. The lowest BCUT2D eigenvalue weighted by Gasteiger charge is -2.30. The minimum atomic E-state index is -3.68. The number of sulfonamides is 1. The second-order valence-corrected chi connectivity index (χ2v) is 8.78. The van der Waals surface area contributed by atoms with Crippen LogP contribution in [0, 0.1) is 6.92 Å². The number of hydrogen-bond donors (Lipinski definition) is 1. The number of anilines is 1. The van der Waals surface area contributed by atoms with Gasteiger partial charge in [-0.15, -0.1) is 0 Å². The average molecular weight is 429 g/mol. The van der Waals surface area contributed by atoms with Crippen molar-refractivity contribution in [2.75, 3.05) is 10.6 Å². The predicted octanol–water partition coefficient (Wildman–Crippen LogP) is 2.91. The van der Waals surface area contributed by atoms with Crippen LogP contribution in [-0.2, 0) is 21.4 Å². The zero-order chi connectivity index (χ0) is 21.7. The molecule has 0 radical (unpaired) electrons. The Hall–Kier alpha value is -3.20. The van der Waals surface area contributed by atoms with E-state index in [4.69, 9.17) is 4.52 Å². The minimum Gasteiger partial charge on any atom is -0.345 e. The lowest BCUT2D eigenvalue weighted by atomic mass is 10.1. The number of rotatable bonds is 8. The van der Waals surface area contributed by atoms with E-state index >= 15 is 0 Å². The van der Waals surface area contributed by atoms with E-state index in [1.54, 1.807) is 25.1 Å². The average Bonchev–Trinajstić information content (AvgIpc) is 3.19. The van der Waals surface area contributed by atoms with Crippen molar-refractivity contribution in [1.82, 2.24) is 15.5 Å². The quantitative estimate of drug-likeness (QED) is 0.591. The number of carbonyl (C=O) groups is 1. The second kappa shape index (κ2) is 9.08. The number of carbonyl (C=O) groups excluding carboxylic acids is 1. The number of nitrogens with zero attached hydrogens (tertiary/aromatic N) is 3. The van der Waals surface area contributed by atoms with Gasteiger partial charge >= 0.3 is 0 Å². The molecule has 3 aromatic rings. The van der Waals surface area contributed by atoms with Gasteiger partial charge < -0.3 is 9.84 Å². The fourth-order valence-electron chi connectivity index (χ4n) is 3.14. The van der Waals surface area contributed by atoms with Gasteiger partial charge in [0.05, 0.1) is 18.5 Å². The summed E-state index contributed by atoms with van der Waals surface area (Å²) in [5.41, 5.74) is 2.15. The smallest absolute Gasteiger partial charge is 0.246 e. The second-order valence-electron chi connectivity index (χ2n) is 6.92. The van der Waals surface area contributed by atoms with Crippen LogP contribution in [0.5, 0.6) is 0 Å². The Bertz CT molecular complexity index is 1110. The first kappa shape index (κ1) is 21.5. The van der Waals surface area contributed by atoms with Crippen molar-refractivity contribution in [3.8, 4) is 11.4 Å². The van der Waals surface area contributed by atoms with Crippen LogP contribution in [0.25, 0.3) is 11.4 Å². The van der Waals surface area contributed by atoms with Crippen molar-refractivity contribution in [2.24, 2.45) is 0 Å². The molecule has 1 unspecified atom stereocenters. The Morgan fingerprint density at radius 3 is 2.53 bits per heavy atom. The van der Waals surface area contributed by atoms with E-state index < -0.39 is 22.0 Å². The predicted molar refractivity (Wildman–Crippen MR) is 114 cm³/mol. The normalized spacial score (nSPS) is 12.4. The summed E-state index contributed by atoms with van der Waals surface area (Å²) in [7, 11) is -3.68. The molecule has 1 atom stereocenters. The fraction of sp³-hybridized carbons (Fsp3) is 0.286. The van der Waals surface area contributed by atoms with Gasteiger partial charge in [-0.1, -0.05) is 54.5 Å². The molecule has 0 fully saturated rings. The molecule has 0 aliphatic rings. The summed E-state index contributed by atoms with van der Waals surface area (Å²) in [6.45, 7) is 3.63. The summed E-state index contributed by atoms with van der Waals surface area (Å²) in [5, 5.41) is 6.63. The van der Waals surface area contributed by atoms with Crippen LogP contribution in [0.15, 0.2) is 59.1 Å². The van der Waals surface area contributed by atoms with Crippen LogP contribution in [0.3, 0.4) is 0 Å². The summed E-state index contributed by atoms with van der Waals surface area (Å²) in [6, 6.07) is 15.5. The van der Waals surface area contributed by atoms with Crippen molar-refractivity contribution in [3.05, 3.63) is 66.1 Å². The fourth-order valence-corrected chi connectivity index (χ4v) is 4.34. The molecular formula is C21H24N4O4S. The molecule has 0 aliphatic carbocycles. The van der Waals surface area contributed by atoms with Gasteiger partial charge in [0.2, 0.25) is 27.6 Å². The molecule has 30 heavy (non-hydrogen) atoms. The van der Waals surface area contributed by atoms with Crippen LogP contribution in [-0.4, -0.2) is 36.8 Å². The van der Waals surface area contributed by atoms with E-state index in [0.717, 1.165) is 21.7 Å². The van der Waals surface area contributed by atoms with E-state index in [0.29, 0.717) is 17.9 Å². The van der Waals surface area contributed by atoms with Crippen LogP contribution in [0.1, 0.15) is 24.8 Å². The van der Waals surface area contributed by atoms with Gasteiger partial charge in [0.15, 0.2) is 0 Å². The van der Waals surface area contributed by atoms with Crippen LogP contribution in [0.4, 0.5) is 5.69 Å². The number of aromatic nitrogens is 2. The first-order valence-electron chi connectivity index (χ1n) is 9.51. The Morgan fingerprint density at radius 1 is 1.17 bits per heavy atom. The highest BCUT2D eigenvalue weighted by molar-refractivity contribution is 7.92. The van der Waals surface area contributed by atoms with Gasteiger partial charge in [0.1, 0.15) is 6.04 Å². The lowest BCUT2D eigenvalue weighted by Crippen LogP contribution is -2.49. The van der Waals surface area contributed by atoms with E-state index in [1.165, 1.54) is 0 Å². The molecule has 2 aromatic carbocycles. The topological polar surface area (TPSA) is 105 Å². The Labute approximate surface area is 176 Å². The van der Waals surface area contributed by atoms with Crippen LogP contribution in [0.2, 0.25) is 0 Å². The van der Waals surface area contributed by atoms with Crippen LogP contribution < -0.4 is 9.62 Å². The highest BCUT2D eigenvalue weighted by Crippen LogP contribution is 2.23. The zero-order valence-corrected chi connectivity index (χ0v) is 17.9. The molecule has 8 nitrogen and oxygen atoms in total. The van der Waals surface area contributed by atoms with E-state index in [-0.39, 0.29) is 12.4 Å². The Morgan fingerprint density at radius 2 is 1.90 bits per heavy atom. The number of amides is 1. The molecule has 9 heteroatoms. The molecule has 0 saturated heterocycles. The molecule has 1 heterocycles. The number of hydrogen-bond acceptors (Lipinski definition) is 6. The Kier molecular flexibility index (Phi) is 6.51. The molecule has 0 saturated carbocycles. The standard InChI is InChI=1S/C21H24N4O4S/c1-4-18(25(30(3,27)28)17-12-8-9-15(2)13-17)21(26)22-14-19-23-20(24-29-19)16-10-6-5-7-11-16/h5-13,18H,4,14H2,1-3H3,(H,22,26). The van der Waals surface area contributed by atoms with Gasteiger partial charge in [-0.25, -0.2) is 8.42 Å². The van der Waals surface area contributed by atoms with Crippen molar-refractivity contribution >= 4 is 21.6 Å². The van der Waals surface area contributed by atoms with Gasteiger partial charge in [0.25, 0.3) is 0 Å².